The molecule has 0 radical (unpaired) electrons. The summed E-state index contributed by atoms with van der Waals surface area (Å²) in [5.41, 5.74) is 6.14. The highest BCUT2D eigenvalue weighted by Gasteiger charge is 2.40. The highest BCUT2D eigenvalue weighted by atomic mass is 127. The second-order valence-electron chi connectivity index (χ2n) is 6.93. The first-order valence-corrected chi connectivity index (χ1v) is 8.47. The number of hydrogen-bond donors (Lipinski definition) is 2. The third-order valence-electron chi connectivity index (χ3n) is 5.36. The van der Waals surface area contributed by atoms with Crippen molar-refractivity contribution in [2.24, 2.45) is 16.6 Å². The van der Waals surface area contributed by atoms with Crippen LogP contribution in [0.5, 0.6) is 0 Å². The lowest BCUT2D eigenvalue weighted by atomic mass is 9.83. The Labute approximate surface area is 145 Å². The summed E-state index contributed by atoms with van der Waals surface area (Å²) in [7, 11) is 0. The van der Waals surface area contributed by atoms with E-state index in [4.69, 9.17) is 10.5 Å². The molecule has 2 saturated carbocycles. The van der Waals surface area contributed by atoms with Gasteiger partial charge < -0.3 is 15.8 Å². The van der Waals surface area contributed by atoms with Crippen LogP contribution in [-0.2, 0) is 4.74 Å². The van der Waals surface area contributed by atoms with E-state index in [1.807, 2.05) is 0 Å². The molecule has 0 amide bonds. The minimum Gasteiger partial charge on any atom is -0.370 e. The summed E-state index contributed by atoms with van der Waals surface area (Å²) in [6.07, 6.45) is 13.3. The highest BCUT2D eigenvalue weighted by molar-refractivity contribution is 14.0. The van der Waals surface area contributed by atoms with Crippen LogP contribution in [0, 0.1) is 5.92 Å². The van der Waals surface area contributed by atoms with E-state index in [2.05, 4.69) is 10.3 Å². The van der Waals surface area contributed by atoms with Crippen molar-refractivity contribution >= 4 is 29.9 Å². The molecule has 1 heterocycles. The number of nitrogens with zero attached hydrogens (tertiary/aromatic N) is 1. The van der Waals surface area contributed by atoms with E-state index in [1.165, 1.54) is 64.2 Å². The first-order valence-electron chi connectivity index (χ1n) is 8.47. The minimum atomic E-state index is 0. The maximum Gasteiger partial charge on any atom is 0.188 e. The van der Waals surface area contributed by atoms with Gasteiger partial charge in [-0.25, -0.2) is 0 Å². The molecule has 0 aromatic carbocycles. The first kappa shape index (κ1) is 17.3. The highest BCUT2D eigenvalue weighted by Crippen LogP contribution is 2.41. The van der Waals surface area contributed by atoms with Crippen LogP contribution in [0.15, 0.2) is 4.99 Å². The van der Waals surface area contributed by atoms with Crippen LogP contribution in [0.3, 0.4) is 0 Å². The normalized spacial score (nSPS) is 29.0. The average molecular weight is 407 g/mol. The van der Waals surface area contributed by atoms with Crippen molar-refractivity contribution in [1.29, 1.82) is 0 Å². The molecule has 3 rings (SSSR count). The van der Waals surface area contributed by atoms with Gasteiger partial charge in [0.15, 0.2) is 5.96 Å². The Bertz CT molecular complexity index is 351. The molecule has 1 spiro atoms. The standard InChI is InChI=1S/C16H29N3O.HI/c17-15(18-11-13-5-4-6-13)19-12-14-7-10-16(20-14)8-2-1-3-9-16;/h13-14H,1-12H2,(H3,17,18,19);1H. The largest absolute Gasteiger partial charge is 0.370 e. The van der Waals surface area contributed by atoms with Gasteiger partial charge in [0.05, 0.1) is 11.7 Å². The van der Waals surface area contributed by atoms with Crippen molar-refractivity contribution in [1.82, 2.24) is 5.32 Å². The minimum absolute atomic E-state index is 0. The van der Waals surface area contributed by atoms with E-state index < -0.39 is 0 Å². The molecule has 3 N–H and O–H groups in total. The van der Waals surface area contributed by atoms with Gasteiger partial charge >= 0.3 is 0 Å². The van der Waals surface area contributed by atoms with Crippen LogP contribution in [0.2, 0.25) is 0 Å². The fourth-order valence-electron chi connectivity index (χ4n) is 3.78. The van der Waals surface area contributed by atoms with Crippen LogP contribution >= 0.6 is 24.0 Å². The van der Waals surface area contributed by atoms with Crippen molar-refractivity contribution in [3.8, 4) is 0 Å². The molecule has 3 aliphatic rings. The van der Waals surface area contributed by atoms with Crippen molar-refractivity contribution < 1.29 is 4.74 Å². The van der Waals surface area contributed by atoms with Gasteiger partial charge in [0, 0.05) is 13.1 Å². The molecule has 3 fully saturated rings. The maximum absolute atomic E-state index is 6.33. The Balaban J connectivity index is 0.00000161. The van der Waals surface area contributed by atoms with Crippen LogP contribution in [0.25, 0.3) is 0 Å². The molecule has 1 atom stereocenters. The number of rotatable bonds is 4. The summed E-state index contributed by atoms with van der Waals surface area (Å²) in [6, 6.07) is 0. The van der Waals surface area contributed by atoms with Crippen LogP contribution in [0.4, 0.5) is 0 Å². The van der Waals surface area contributed by atoms with Crippen molar-refractivity contribution in [2.75, 3.05) is 13.1 Å². The fourth-order valence-corrected chi connectivity index (χ4v) is 3.78. The van der Waals surface area contributed by atoms with Gasteiger partial charge in [-0.05, 0) is 44.4 Å². The summed E-state index contributed by atoms with van der Waals surface area (Å²) in [5, 5.41) is 3.25. The zero-order valence-electron chi connectivity index (χ0n) is 13.0. The van der Waals surface area contributed by atoms with Gasteiger partial charge in [-0.15, -0.1) is 24.0 Å². The number of nitrogens with two attached hydrogens (primary N) is 1. The topological polar surface area (TPSA) is 59.6 Å². The molecule has 0 aromatic heterocycles. The Morgan fingerprint density at radius 3 is 2.52 bits per heavy atom. The van der Waals surface area contributed by atoms with Crippen molar-refractivity contribution in [2.45, 2.75) is 75.9 Å². The molecule has 122 valence electrons. The van der Waals surface area contributed by atoms with Crippen LogP contribution in [0.1, 0.15) is 64.2 Å². The molecule has 2 aliphatic carbocycles. The summed E-state index contributed by atoms with van der Waals surface area (Å²) < 4.78 is 6.33. The molecular weight excluding hydrogens is 377 g/mol. The fraction of sp³-hybridized carbons (Fsp3) is 0.938. The lowest BCUT2D eigenvalue weighted by molar-refractivity contribution is -0.0612. The second-order valence-corrected chi connectivity index (χ2v) is 6.93. The van der Waals surface area contributed by atoms with Gasteiger partial charge in [-0.3, -0.25) is 4.99 Å². The Morgan fingerprint density at radius 1 is 1.10 bits per heavy atom. The second kappa shape index (κ2) is 7.99. The maximum atomic E-state index is 6.33. The van der Waals surface area contributed by atoms with E-state index in [0.717, 1.165) is 19.0 Å². The van der Waals surface area contributed by atoms with Crippen LogP contribution < -0.4 is 11.1 Å². The quantitative estimate of drug-likeness (QED) is 0.428. The molecule has 1 saturated heterocycles. The Kier molecular flexibility index (Phi) is 6.59. The molecule has 1 aliphatic heterocycles. The SMILES string of the molecule is I.NC(=NCC1CCC1)NCC1CCC2(CCCCC2)O1. The smallest absolute Gasteiger partial charge is 0.188 e. The molecule has 0 aromatic rings. The molecule has 4 nitrogen and oxygen atoms in total. The summed E-state index contributed by atoms with van der Waals surface area (Å²) >= 11 is 0. The summed E-state index contributed by atoms with van der Waals surface area (Å²) in [5.74, 6) is 1.38. The molecule has 5 heteroatoms. The van der Waals surface area contributed by atoms with E-state index in [0.29, 0.717) is 12.1 Å². The average Bonchev–Trinajstić information content (AvgIpc) is 2.78. The zero-order valence-corrected chi connectivity index (χ0v) is 15.3. The number of nitrogens with one attached hydrogen (secondary N) is 1. The number of aliphatic imine (C=N–C) groups is 1. The predicted molar refractivity (Wildman–Crippen MR) is 97.2 cm³/mol. The molecule has 21 heavy (non-hydrogen) atoms. The third-order valence-corrected chi connectivity index (χ3v) is 5.36. The van der Waals surface area contributed by atoms with Crippen molar-refractivity contribution in [3.05, 3.63) is 0 Å². The summed E-state index contributed by atoms with van der Waals surface area (Å²) in [4.78, 5) is 4.44. The molecular formula is C16H30IN3O. The van der Waals surface area contributed by atoms with Gasteiger partial charge in [-0.2, -0.15) is 0 Å². The van der Waals surface area contributed by atoms with E-state index in [1.54, 1.807) is 0 Å². The number of guanidine groups is 1. The Hall–Kier alpha value is -0.0400. The monoisotopic (exact) mass is 407 g/mol. The lowest BCUT2D eigenvalue weighted by Crippen LogP contribution is -2.39. The van der Waals surface area contributed by atoms with E-state index in [9.17, 15) is 0 Å². The predicted octanol–water partition coefficient (Wildman–Crippen LogP) is 3.19. The lowest BCUT2D eigenvalue weighted by Gasteiger charge is -2.33. The zero-order chi connectivity index (χ0) is 13.8. The van der Waals surface area contributed by atoms with Crippen molar-refractivity contribution in [3.63, 3.8) is 0 Å². The summed E-state index contributed by atoms with van der Waals surface area (Å²) in [6.45, 7) is 1.72. The van der Waals surface area contributed by atoms with E-state index in [-0.39, 0.29) is 29.6 Å². The van der Waals surface area contributed by atoms with Gasteiger partial charge in [-0.1, -0.05) is 25.7 Å². The molecule has 1 unspecified atom stereocenters. The molecule has 0 bridgehead atoms. The number of hydrogen-bond acceptors (Lipinski definition) is 2. The van der Waals surface area contributed by atoms with Gasteiger partial charge in [0.1, 0.15) is 0 Å². The number of halogens is 1. The third kappa shape index (κ3) is 4.71. The van der Waals surface area contributed by atoms with E-state index >= 15 is 0 Å². The van der Waals surface area contributed by atoms with Gasteiger partial charge in [0.25, 0.3) is 0 Å². The first-order chi connectivity index (χ1) is 9.76. The van der Waals surface area contributed by atoms with Gasteiger partial charge in [0.2, 0.25) is 0 Å². The number of ether oxygens (including phenoxy) is 1. The van der Waals surface area contributed by atoms with Crippen LogP contribution in [-0.4, -0.2) is 30.8 Å². The Morgan fingerprint density at radius 2 is 1.86 bits per heavy atom.